The Kier molecular flexibility index (Phi) is 7.05. The molecule has 0 aliphatic carbocycles. The molecule has 2 aromatic carbocycles. The average molecular weight is 539 g/mol. The van der Waals surface area contributed by atoms with Gasteiger partial charge in [0.1, 0.15) is 0 Å². The second-order valence-electron chi connectivity index (χ2n) is 5.30. The van der Waals surface area contributed by atoms with E-state index in [0.29, 0.717) is 29.4 Å². The smallest absolute Gasteiger partial charge is 0.176 e. The number of hydrogen-bond donors (Lipinski definition) is 0. The van der Waals surface area contributed by atoms with Crippen molar-refractivity contribution in [2.24, 2.45) is 0 Å². The summed E-state index contributed by atoms with van der Waals surface area (Å²) in [6.45, 7) is 2.05. The van der Waals surface area contributed by atoms with E-state index in [1.165, 1.54) is 0 Å². The van der Waals surface area contributed by atoms with Crippen LogP contribution < -0.4 is 18.9 Å². The minimum atomic E-state index is 0.654. The van der Waals surface area contributed by atoms with E-state index in [9.17, 15) is 0 Å². The fourth-order valence-corrected chi connectivity index (χ4v) is 4.48. The van der Waals surface area contributed by atoms with Crippen molar-refractivity contribution in [2.75, 3.05) is 28.4 Å². The maximum atomic E-state index is 5.50. The molecule has 4 nitrogen and oxygen atoms in total. The summed E-state index contributed by atoms with van der Waals surface area (Å²) in [5.41, 5.74) is 3.26. The van der Waals surface area contributed by atoms with Gasteiger partial charge in [0, 0.05) is 10.9 Å². The Hall–Kier alpha value is -0.920. The molecule has 0 aromatic heterocycles. The van der Waals surface area contributed by atoms with Gasteiger partial charge in [0.25, 0.3) is 0 Å². The molecule has 0 saturated carbocycles. The van der Waals surface area contributed by atoms with Crippen molar-refractivity contribution < 1.29 is 18.9 Å². The van der Waals surface area contributed by atoms with Crippen molar-refractivity contribution >= 4 is 47.8 Å². The molecule has 0 saturated heterocycles. The molecule has 2 rings (SSSR count). The number of hydrogen-bond acceptors (Lipinski definition) is 4. The zero-order valence-corrected chi connectivity index (χ0v) is 19.4. The number of rotatable bonds is 6. The second-order valence-corrected chi connectivity index (χ2v) is 7.68. The van der Waals surface area contributed by atoms with Gasteiger partial charge in [0.15, 0.2) is 23.0 Å². The minimum Gasteiger partial charge on any atom is -0.493 e. The summed E-state index contributed by atoms with van der Waals surface area (Å²) in [6, 6.07) is 3.94. The molecule has 0 aliphatic heterocycles. The molecule has 0 aliphatic rings. The summed E-state index contributed by atoms with van der Waals surface area (Å²) in [7, 11) is 6.50. The Morgan fingerprint density at radius 1 is 0.720 bits per heavy atom. The molecule has 0 amide bonds. The number of benzene rings is 2. The van der Waals surface area contributed by atoms with Gasteiger partial charge in [0.05, 0.1) is 37.4 Å². The Bertz CT molecular complexity index is 791. The van der Waals surface area contributed by atoms with Gasteiger partial charge in [0.2, 0.25) is 0 Å². The lowest BCUT2D eigenvalue weighted by Gasteiger charge is -2.18. The second kappa shape index (κ2) is 8.64. The molecule has 7 heteroatoms. The third kappa shape index (κ3) is 3.93. The monoisotopic (exact) mass is 536 g/mol. The van der Waals surface area contributed by atoms with Gasteiger partial charge < -0.3 is 18.9 Å². The highest BCUT2D eigenvalue weighted by atomic mass is 79.9. The highest BCUT2D eigenvalue weighted by molar-refractivity contribution is 9.13. The molecule has 0 unspecified atom stereocenters. The number of aryl methyl sites for hydroxylation is 1. The predicted molar refractivity (Wildman–Crippen MR) is 110 cm³/mol. The van der Waals surface area contributed by atoms with E-state index >= 15 is 0 Å². The van der Waals surface area contributed by atoms with Crippen LogP contribution >= 0.6 is 47.8 Å². The first-order valence-electron chi connectivity index (χ1n) is 7.38. The van der Waals surface area contributed by atoms with Gasteiger partial charge in [-0.1, -0.05) is 0 Å². The van der Waals surface area contributed by atoms with Crippen LogP contribution in [0.1, 0.15) is 16.7 Å². The van der Waals surface area contributed by atoms with Gasteiger partial charge >= 0.3 is 0 Å². The summed E-state index contributed by atoms with van der Waals surface area (Å²) in [5, 5.41) is 0. The average Bonchev–Trinajstić information content (AvgIpc) is 2.61. The third-order valence-corrected chi connectivity index (χ3v) is 6.96. The summed E-state index contributed by atoms with van der Waals surface area (Å²) in [5.74, 6) is 2.70. The van der Waals surface area contributed by atoms with Gasteiger partial charge in [-0.05, 0) is 83.5 Å². The highest BCUT2D eigenvalue weighted by Gasteiger charge is 2.20. The molecule has 0 bridgehead atoms. The maximum Gasteiger partial charge on any atom is 0.176 e. The molecule has 25 heavy (non-hydrogen) atoms. The Morgan fingerprint density at radius 2 is 1.24 bits per heavy atom. The van der Waals surface area contributed by atoms with Crippen molar-refractivity contribution in [1.82, 2.24) is 0 Å². The zero-order chi connectivity index (χ0) is 18.7. The van der Waals surface area contributed by atoms with Gasteiger partial charge in [-0.15, -0.1) is 0 Å². The van der Waals surface area contributed by atoms with E-state index in [1.54, 1.807) is 28.4 Å². The standard InChI is InChI=1S/C18H19Br3O4/c1-9-6-12(22-2)17(24-4)15(20)11(9)7-10-8-13(23-3)18(25-5)16(21)14(10)19/h6,8H,7H2,1-5H3. The SMILES string of the molecule is COc1cc(Cc2c(C)cc(OC)c(OC)c2Br)c(Br)c(Br)c1OC. The van der Waals surface area contributed by atoms with E-state index in [2.05, 4.69) is 47.8 Å². The Balaban J connectivity index is 2.59. The summed E-state index contributed by atoms with van der Waals surface area (Å²) in [6.07, 6.45) is 0.673. The topological polar surface area (TPSA) is 36.9 Å². The molecular weight excluding hydrogens is 520 g/mol. The van der Waals surface area contributed by atoms with Gasteiger partial charge in [-0.3, -0.25) is 0 Å². The highest BCUT2D eigenvalue weighted by Crippen LogP contribution is 2.45. The van der Waals surface area contributed by atoms with E-state index in [1.807, 2.05) is 19.1 Å². The van der Waals surface area contributed by atoms with E-state index in [-0.39, 0.29) is 0 Å². The molecule has 0 fully saturated rings. The van der Waals surface area contributed by atoms with E-state index in [0.717, 1.165) is 30.1 Å². The molecule has 0 atom stereocenters. The first-order valence-corrected chi connectivity index (χ1v) is 9.76. The summed E-state index contributed by atoms with van der Waals surface area (Å²) < 4.78 is 24.4. The normalized spacial score (nSPS) is 10.6. The molecule has 2 aromatic rings. The van der Waals surface area contributed by atoms with Crippen molar-refractivity contribution in [3.8, 4) is 23.0 Å². The van der Waals surface area contributed by atoms with Crippen molar-refractivity contribution in [2.45, 2.75) is 13.3 Å². The lowest BCUT2D eigenvalue weighted by molar-refractivity contribution is 0.351. The predicted octanol–water partition coefficient (Wildman–Crippen LogP) is 5.91. The van der Waals surface area contributed by atoms with Crippen LogP contribution in [0, 0.1) is 6.92 Å². The number of methoxy groups -OCH3 is 4. The quantitative estimate of drug-likeness (QED) is 0.458. The van der Waals surface area contributed by atoms with Crippen LogP contribution in [0.25, 0.3) is 0 Å². The minimum absolute atomic E-state index is 0.654. The van der Waals surface area contributed by atoms with Crippen molar-refractivity contribution in [3.05, 3.63) is 42.2 Å². The first-order chi connectivity index (χ1) is 11.9. The Labute approximate surface area is 173 Å². The van der Waals surface area contributed by atoms with Crippen LogP contribution in [0.3, 0.4) is 0 Å². The van der Waals surface area contributed by atoms with Crippen LogP contribution in [0.2, 0.25) is 0 Å². The van der Waals surface area contributed by atoms with Gasteiger partial charge in [-0.2, -0.15) is 0 Å². The summed E-state index contributed by atoms with van der Waals surface area (Å²) in [4.78, 5) is 0. The third-order valence-electron chi connectivity index (χ3n) is 3.93. The molecule has 0 heterocycles. The van der Waals surface area contributed by atoms with Crippen LogP contribution in [-0.4, -0.2) is 28.4 Å². The van der Waals surface area contributed by atoms with Crippen molar-refractivity contribution in [3.63, 3.8) is 0 Å². The number of halogens is 3. The molecule has 0 N–H and O–H groups in total. The van der Waals surface area contributed by atoms with E-state index < -0.39 is 0 Å². The lowest BCUT2D eigenvalue weighted by atomic mass is 9.99. The number of ether oxygens (including phenoxy) is 4. The molecule has 0 radical (unpaired) electrons. The molecular formula is C18H19Br3O4. The Morgan fingerprint density at radius 3 is 1.76 bits per heavy atom. The maximum absolute atomic E-state index is 5.50. The fourth-order valence-electron chi connectivity index (χ4n) is 2.62. The lowest BCUT2D eigenvalue weighted by Crippen LogP contribution is -2.01. The molecule has 0 spiro atoms. The van der Waals surface area contributed by atoms with Gasteiger partial charge in [-0.25, -0.2) is 0 Å². The molecule has 136 valence electrons. The van der Waals surface area contributed by atoms with Crippen LogP contribution in [0.5, 0.6) is 23.0 Å². The first kappa shape index (κ1) is 20.4. The largest absolute Gasteiger partial charge is 0.493 e. The zero-order valence-electron chi connectivity index (χ0n) is 14.6. The fraction of sp³-hybridized carbons (Fsp3) is 0.333. The van der Waals surface area contributed by atoms with Crippen LogP contribution in [0.4, 0.5) is 0 Å². The van der Waals surface area contributed by atoms with Crippen molar-refractivity contribution in [1.29, 1.82) is 0 Å². The van der Waals surface area contributed by atoms with Crippen LogP contribution in [0.15, 0.2) is 25.6 Å². The van der Waals surface area contributed by atoms with E-state index in [4.69, 9.17) is 18.9 Å². The van der Waals surface area contributed by atoms with Crippen LogP contribution in [-0.2, 0) is 6.42 Å². The summed E-state index contributed by atoms with van der Waals surface area (Å²) >= 11 is 10.9.